The van der Waals surface area contributed by atoms with Crippen molar-refractivity contribution in [3.63, 3.8) is 0 Å². The Kier molecular flexibility index (Phi) is 12.8. The molecule has 0 spiro atoms. The van der Waals surface area contributed by atoms with E-state index in [0.29, 0.717) is 24.7 Å². The zero-order valence-electron chi connectivity index (χ0n) is 30.4. The first-order chi connectivity index (χ1) is 23.0. The SMILES string of the molecule is CO[C@@H]1C[C@@H]2C[C@@H](O[Si](c3ccccc3)(c3ccccc3)C(C)(C)C)C[C@H](CC(=O)O[C@H](/C=C/CC(C)C)C[C@@H]3CC[C@H](C)[C@@H](C1)O3)O2. The van der Waals surface area contributed by atoms with E-state index in [0.717, 1.165) is 38.5 Å². The second-order valence-electron chi connectivity index (χ2n) is 16.0. The van der Waals surface area contributed by atoms with Crippen LogP contribution in [0.5, 0.6) is 0 Å². The van der Waals surface area contributed by atoms with Gasteiger partial charge in [0.05, 0.1) is 43.0 Å². The van der Waals surface area contributed by atoms with Crippen molar-refractivity contribution in [3.05, 3.63) is 72.8 Å². The Morgan fingerprint density at radius 3 is 2.06 bits per heavy atom. The van der Waals surface area contributed by atoms with E-state index < -0.39 is 8.32 Å². The molecule has 0 N–H and O–H groups in total. The van der Waals surface area contributed by atoms with Gasteiger partial charge in [-0.15, -0.1) is 0 Å². The number of esters is 1. The minimum Gasteiger partial charge on any atom is -0.458 e. The van der Waals surface area contributed by atoms with Crippen molar-refractivity contribution in [2.75, 3.05) is 7.11 Å². The van der Waals surface area contributed by atoms with E-state index in [-0.39, 0.29) is 60.2 Å². The lowest BCUT2D eigenvalue weighted by Gasteiger charge is -2.47. The van der Waals surface area contributed by atoms with E-state index in [2.05, 4.69) is 114 Å². The van der Waals surface area contributed by atoms with Crippen molar-refractivity contribution in [1.82, 2.24) is 0 Å². The largest absolute Gasteiger partial charge is 0.458 e. The summed E-state index contributed by atoms with van der Waals surface area (Å²) in [5.74, 6) is 0.762. The van der Waals surface area contributed by atoms with Crippen molar-refractivity contribution >= 4 is 24.7 Å². The number of benzene rings is 2. The summed E-state index contributed by atoms with van der Waals surface area (Å²) in [6.07, 6.45) is 10.4. The molecular weight excluding hydrogens is 617 g/mol. The molecule has 3 aliphatic heterocycles. The molecule has 7 heteroatoms. The summed E-state index contributed by atoms with van der Waals surface area (Å²) in [5.41, 5.74) is 0. The third-order valence-electron chi connectivity index (χ3n) is 10.6. The van der Waals surface area contributed by atoms with Crippen LogP contribution in [0.15, 0.2) is 72.8 Å². The van der Waals surface area contributed by atoms with E-state index in [9.17, 15) is 4.79 Å². The molecule has 0 radical (unpaired) electrons. The Morgan fingerprint density at radius 2 is 1.46 bits per heavy atom. The van der Waals surface area contributed by atoms with Gasteiger partial charge in [-0.05, 0) is 71.8 Å². The van der Waals surface area contributed by atoms with Crippen LogP contribution in [0, 0.1) is 11.8 Å². The highest BCUT2D eigenvalue weighted by molar-refractivity contribution is 6.99. The van der Waals surface area contributed by atoms with Gasteiger partial charge in [-0.1, -0.05) is 108 Å². The molecule has 8 atom stereocenters. The number of ether oxygens (including phenoxy) is 4. The first-order valence-corrected chi connectivity index (χ1v) is 20.4. The number of allylic oxidation sites excluding steroid dienone is 1. The molecule has 4 bridgehead atoms. The summed E-state index contributed by atoms with van der Waals surface area (Å²) in [4.78, 5) is 13.7. The fourth-order valence-electron chi connectivity index (χ4n) is 8.10. The molecule has 3 fully saturated rings. The fourth-order valence-corrected chi connectivity index (χ4v) is 12.8. The quantitative estimate of drug-likeness (QED) is 0.162. The van der Waals surface area contributed by atoms with Crippen molar-refractivity contribution in [2.24, 2.45) is 11.8 Å². The summed E-state index contributed by atoms with van der Waals surface area (Å²) < 4.78 is 33.5. The van der Waals surface area contributed by atoms with Crippen LogP contribution >= 0.6 is 0 Å². The summed E-state index contributed by atoms with van der Waals surface area (Å²) in [7, 11) is -0.997. The minimum absolute atomic E-state index is 0.00917. The molecule has 264 valence electrons. The third kappa shape index (κ3) is 9.28. The Morgan fingerprint density at radius 1 is 0.833 bits per heavy atom. The Balaban J connectivity index is 1.47. The van der Waals surface area contributed by atoms with Gasteiger partial charge in [-0.2, -0.15) is 0 Å². The van der Waals surface area contributed by atoms with Crippen LogP contribution < -0.4 is 10.4 Å². The highest BCUT2D eigenvalue weighted by atomic mass is 28.4. The maximum Gasteiger partial charge on any atom is 0.309 e. The number of hydrogen-bond donors (Lipinski definition) is 0. The van der Waals surface area contributed by atoms with E-state index in [1.54, 1.807) is 0 Å². The van der Waals surface area contributed by atoms with Crippen molar-refractivity contribution < 1.29 is 28.2 Å². The number of carbonyl (C=O) groups is 1. The Hall–Kier alpha value is -2.29. The van der Waals surface area contributed by atoms with Crippen LogP contribution in [0.2, 0.25) is 5.04 Å². The van der Waals surface area contributed by atoms with Crippen molar-refractivity contribution in [3.8, 4) is 0 Å². The van der Waals surface area contributed by atoms with Gasteiger partial charge < -0.3 is 23.4 Å². The minimum atomic E-state index is -2.80. The summed E-state index contributed by atoms with van der Waals surface area (Å²) in [6, 6.07) is 21.6. The molecule has 6 nitrogen and oxygen atoms in total. The average molecular weight is 677 g/mol. The number of carbonyl (C=O) groups excluding carboxylic acids is 1. The summed E-state index contributed by atoms with van der Waals surface area (Å²) >= 11 is 0. The molecule has 48 heavy (non-hydrogen) atoms. The van der Waals surface area contributed by atoms with Gasteiger partial charge in [0.1, 0.15) is 6.10 Å². The van der Waals surface area contributed by atoms with E-state index >= 15 is 0 Å². The van der Waals surface area contributed by atoms with Gasteiger partial charge in [-0.25, -0.2) is 0 Å². The van der Waals surface area contributed by atoms with Crippen LogP contribution in [0.1, 0.15) is 99.3 Å². The molecule has 3 saturated heterocycles. The molecule has 2 aromatic rings. The average Bonchev–Trinajstić information content (AvgIpc) is 3.04. The maximum absolute atomic E-state index is 13.7. The van der Waals surface area contributed by atoms with Gasteiger partial charge in [0.15, 0.2) is 0 Å². The predicted molar refractivity (Wildman–Crippen MR) is 195 cm³/mol. The molecule has 0 amide bonds. The number of fused-ring (bicyclic) bond motifs is 4. The number of rotatable bonds is 8. The van der Waals surface area contributed by atoms with E-state index in [1.807, 2.05) is 7.11 Å². The first-order valence-electron chi connectivity index (χ1n) is 18.5. The molecule has 0 unspecified atom stereocenters. The van der Waals surface area contributed by atoms with Crippen LogP contribution in [-0.4, -0.2) is 64.1 Å². The lowest BCUT2D eigenvalue weighted by Crippen LogP contribution is -2.68. The first kappa shape index (κ1) is 37.0. The number of cyclic esters (lactones) is 1. The second-order valence-corrected chi connectivity index (χ2v) is 20.2. The summed E-state index contributed by atoms with van der Waals surface area (Å²) in [6.45, 7) is 13.6. The monoisotopic (exact) mass is 676 g/mol. The lowest BCUT2D eigenvalue weighted by atomic mass is 9.87. The van der Waals surface area contributed by atoms with Crippen LogP contribution in [0.25, 0.3) is 0 Å². The third-order valence-corrected chi connectivity index (χ3v) is 15.7. The van der Waals surface area contributed by atoms with Gasteiger partial charge >= 0.3 is 5.97 Å². The standard InChI is InChI=1S/C41H60O6Si/c1-29(2)15-14-16-31-23-32-22-21-30(3)39(45-32)27-33(43-7)24-34-25-36(26-35(44-34)28-40(42)46-31)47-48(41(4,5)6,37-17-10-8-11-18-37)38-19-12-9-13-20-38/h8-14,16-20,29-36,39H,15,21-28H2,1-7H3/b16-14+/t30-,31+,32-,33+,34+,35+,36+,39+/m0/s1. The molecule has 5 rings (SSSR count). The second kappa shape index (κ2) is 16.6. The molecule has 3 heterocycles. The summed E-state index contributed by atoms with van der Waals surface area (Å²) in [5, 5.41) is 2.37. The highest BCUT2D eigenvalue weighted by Gasteiger charge is 2.52. The van der Waals surface area contributed by atoms with Crippen LogP contribution in [0.3, 0.4) is 0 Å². The zero-order valence-corrected chi connectivity index (χ0v) is 31.4. The lowest BCUT2D eigenvalue weighted by molar-refractivity contribution is -0.164. The molecule has 0 aliphatic carbocycles. The smallest absolute Gasteiger partial charge is 0.309 e. The molecule has 2 aromatic carbocycles. The van der Waals surface area contributed by atoms with Crippen LogP contribution in [0.4, 0.5) is 0 Å². The normalized spacial score (nSPS) is 31.0. The Labute approximate surface area is 291 Å². The van der Waals surface area contributed by atoms with E-state index in [4.69, 9.17) is 23.4 Å². The van der Waals surface area contributed by atoms with Crippen molar-refractivity contribution in [1.29, 1.82) is 0 Å². The Bertz CT molecular complexity index is 1270. The molecule has 0 aromatic heterocycles. The van der Waals surface area contributed by atoms with Gasteiger partial charge in [0, 0.05) is 20.0 Å². The predicted octanol–water partition coefficient (Wildman–Crippen LogP) is 7.77. The highest BCUT2D eigenvalue weighted by Crippen LogP contribution is 2.41. The molecule has 0 saturated carbocycles. The van der Waals surface area contributed by atoms with Crippen molar-refractivity contribution in [2.45, 2.75) is 147 Å². The molecular formula is C41H60O6Si. The van der Waals surface area contributed by atoms with Gasteiger partial charge in [0.25, 0.3) is 8.32 Å². The van der Waals surface area contributed by atoms with Gasteiger partial charge in [0.2, 0.25) is 0 Å². The molecule has 3 aliphatic rings. The zero-order chi connectivity index (χ0) is 34.3. The number of methoxy groups -OCH3 is 1. The topological polar surface area (TPSA) is 63.2 Å². The fraction of sp³-hybridized carbons (Fsp3) is 0.634. The van der Waals surface area contributed by atoms with Gasteiger partial charge in [-0.3, -0.25) is 4.79 Å². The maximum atomic E-state index is 13.7. The van der Waals surface area contributed by atoms with E-state index in [1.165, 1.54) is 10.4 Å². The number of hydrogen-bond acceptors (Lipinski definition) is 6. The van der Waals surface area contributed by atoms with Crippen LogP contribution in [-0.2, 0) is 28.2 Å².